The van der Waals surface area contributed by atoms with E-state index in [1.165, 1.54) is 83.5 Å². The first-order valence-corrected chi connectivity index (χ1v) is 13.7. The van der Waals surface area contributed by atoms with E-state index in [1.54, 1.807) is 0 Å². The summed E-state index contributed by atoms with van der Waals surface area (Å²) in [6.07, 6.45) is 18.3. The molecule has 0 bridgehead atoms. The summed E-state index contributed by atoms with van der Waals surface area (Å²) >= 11 is 0. The summed E-state index contributed by atoms with van der Waals surface area (Å²) in [5.41, 5.74) is 0. The maximum Gasteiger partial charge on any atom is 0.372 e. The SMILES string of the molecule is CCCCCCCCCCCCCCCCOCCOCCOCCOC(=O)CCC(=O)C(=O)O. The largest absolute Gasteiger partial charge is 0.476 e. The van der Waals surface area contributed by atoms with Crippen molar-refractivity contribution < 1.29 is 38.4 Å². The Labute approximate surface area is 212 Å². The lowest BCUT2D eigenvalue weighted by Gasteiger charge is -2.07. The van der Waals surface area contributed by atoms with E-state index in [2.05, 4.69) is 6.92 Å². The number of carboxylic acid groups (broad SMARTS) is 1. The molecule has 8 heteroatoms. The molecule has 0 aliphatic heterocycles. The molecule has 0 saturated heterocycles. The zero-order valence-corrected chi connectivity index (χ0v) is 22.1. The maximum absolute atomic E-state index is 11.3. The Kier molecular flexibility index (Phi) is 25.9. The number of carbonyl (C=O) groups is 3. The number of aliphatic carboxylic acids is 1. The van der Waals surface area contributed by atoms with Crippen LogP contribution in [0.25, 0.3) is 0 Å². The van der Waals surface area contributed by atoms with Crippen LogP contribution in [0.15, 0.2) is 0 Å². The fourth-order valence-electron chi connectivity index (χ4n) is 3.55. The van der Waals surface area contributed by atoms with Crippen molar-refractivity contribution in [3.8, 4) is 0 Å². The van der Waals surface area contributed by atoms with Gasteiger partial charge in [0.25, 0.3) is 0 Å². The van der Waals surface area contributed by atoms with Gasteiger partial charge in [-0.1, -0.05) is 90.4 Å². The molecule has 0 spiro atoms. The number of unbranched alkanes of at least 4 members (excludes halogenated alkanes) is 13. The highest BCUT2D eigenvalue weighted by Gasteiger charge is 2.14. The molecule has 0 aromatic rings. The van der Waals surface area contributed by atoms with E-state index < -0.39 is 17.7 Å². The summed E-state index contributed by atoms with van der Waals surface area (Å²) in [5.74, 6) is -3.16. The summed E-state index contributed by atoms with van der Waals surface area (Å²) in [6.45, 7) is 5.24. The zero-order chi connectivity index (χ0) is 25.8. The standard InChI is InChI=1S/C27H50O8/c1-2-3-4-5-6-7-8-9-10-11-12-13-14-15-18-32-19-20-33-21-22-34-23-24-35-26(29)17-16-25(28)27(30)31/h2-24H2,1H3,(H,30,31). The molecule has 35 heavy (non-hydrogen) atoms. The number of hydrogen-bond acceptors (Lipinski definition) is 7. The Morgan fingerprint density at radius 3 is 1.37 bits per heavy atom. The lowest BCUT2D eigenvalue weighted by Crippen LogP contribution is -2.17. The van der Waals surface area contributed by atoms with Crippen molar-refractivity contribution in [2.24, 2.45) is 0 Å². The first-order valence-electron chi connectivity index (χ1n) is 13.7. The predicted octanol–water partition coefficient (Wildman–Crippen LogP) is 5.49. The monoisotopic (exact) mass is 502 g/mol. The number of hydrogen-bond donors (Lipinski definition) is 1. The normalized spacial score (nSPS) is 11.0. The molecule has 0 amide bonds. The fourth-order valence-corrected chi connectivity index (χ4v) is 3.55. The Hall–Kier alpha value is -1.51. The molecule has 0 radical (unpaired) electrons. The molecule has 0 fully saturated rings. The summed E-state index contributed by atoms with van der Waals surface area (Å²) in [7, 11) is 0. The van der Waals surface area contributed by atoms with E-state index in [9.17, 15) is 14.4 Å². The van der Waals surface area contributed by atoms with Crippen LogP contribution in [0.5, 0.6) is 0 Å². The number of ketones is 1. The van der Waals surface area contributed by atoms with Crippen molar-refractivity contribution in [3.05, 3.63) is 0 Å². The summed E-state index contributed by atoms with van der Waals surface area (Å²) in [6, 6.07) is 0. The molecule has 0 heterocycles. The minimum atomic E-state index is -1.54. The molecule has 0 rings (SSSR count). The molecule has 0 aliphatic carbocycles. The third kappa shape index (κ3) is 26.9. The summed E-state index contributed by atoms with van der Waals surface area (Å²) in [4.78, 5) is 32.6. The van der Waals surface area contributed by atoms with Crippen LogP contribution in [0, 0.1) is 0 Å². The van der Waals surface area contributed by atoms with Crippen LogP contribution in [0.3, 0.4) is 0 Å². The van der Waals surface area contributed by atoms with Crippen LogP contribution < -0.4 is 0 Å². The van der Waals surface area contributed by atoms with Gasteiger partial charge in [-0.05, 0) is 6.42 Å². The Morgan fingerprint density at radius 1 is 0.514 bits per heavy atom. The highest BCUT2D eigenvalue weighted by Crippen LogP contribution is 2.12. The highest BCUT2D eigenvalue weighted by atomic mass is 16.6. The average molecular weight is 503 g/mol. The van der Waals surface area contributed by atoms with Crippen molar-refractivity contribution in [3.63, 3.8) is 0 Å². The van der Waals surface area contributed by atoms with Gasteiger partial charge >= 0.3 is 11.9 Å². The second-order valence-electron chi connectivity index (χ2n) is 8.88. The van der Waals surface area contributed by atoms with Crippen LogP contribution in [-0.2, 0) is 33.3 Å². The van der Waals surface area contributed by atoms with Crippen LogP contribution in [0.1, 0.15) is 110 Å². The van der Waals surface area contributed by atoms with Gasteiger partial charge in [0.2, 0.25) is 5.78 Å². The van der Waals surface area contributed by atoms with Gasteiger partial charge in [-0.25, -0.2) is 4.79 Å². The van der Waals surface area contributed by atoms with Gasteiger partial charge < -0.3 is 24.1 Å². The van der Waals surface area contributed by atoms with Gasteiger partial charge in [0.1, 0.15) is 6.61 Å². The molecule has 0 atom stereocenters. The van der Waals surface area contributed by atoms with Crippen molar-refractivity contribution >= 4 is 17.7 Å². The Bertz CT molecular complexity index is 509. The van der Waals surface area contributed by atoms with Gasteiger partial charge in [-0.15, -0.1) is 0 Å². The topological polar surface area (TPSA) is 108 Å². The van der Waals surface area contributed by atoms with E-state index in [-0.39, 0.29) is 26.1 Å². The molecule has 8 nitrogen and oxygen atoms in total. The Morgan fingerprint density at radius 2 is 0.914 bits per heavy atom. The predicted molar refractivity (Wildman–Crippen MR) is 136 cm³/mol. The third-order valence-corrected chi connectivity index (χ3v) is 5.67. The van der Waals surface area contributed by atoms with Crippen LogP contribution >= 0.6 is 0 Å². The molecular weight excluding hydrogens is 452 g/mol. The number of carbonyl (C=O) groups excluding carboxylic acids is 2. The molecule has 206 valence electrons. The minimum absolute atomic E-state index is 0.0579. The molecule has 0 saturated carbocycles. The number of carboxylic acids is 1. The average Bonchev–Trinajstić information content (AvgIpc) is 2.85. The lowest BCUT2D eigenvalue weighted by molar-refractivity contribution is -0.151. The van der Waals surface area contributed by atoms with E-state index in [0.29, 0.717) is 26.4 Å². The molecule has 0 aromatic heterocycles. The van der Waals surface area contributed by atoms with Crippen LogP contribution in [0.2, 0.25) is 0 Å². The molecule has 1 N–H and O–H groups in total. The first kappa shape index (κ1) is 33.5. The first-order chi connectivity index (χ1) is 17.1. The van der Waals surface area contributed by atoms with Crippen LogP contribution in [-0.4, -0.2) is 69.1 Å². The molecule has 0 aromatic carbocycles. The number of ether oxygens (including phenoxy) is 4. The van der Waals surface area contributed by atoms with Gasteiger partial charge in [-0.2, -0.15) is 0 Å². The second kappa shape index (κ2) is 27.1. The van der Waals surface area contributed by atoms with Crippen molar-refractivity contribution in [2.45, 2.75) is 110 Å². The number of rotatable bonds is 28. The van der Waals surface area contributed by atoms with Gasteiger partial charge in [-0.3, -0.25) is 9.59 Å². The lowest BCUT2D eigenvalue weighted by atomic mass is 10.0. The van der Waals surface area contributed by atoms with E-state index in [0.717, 1.165) is 13.0 Å². The fraction of sp³-hybridized carbons (Fsp3) is 0.889. The summed E-state index contributed by atoms with van der Waals surface area (Å²) < 4.78 is 21.1. The molecular formula is C27H50O8. The van der Waals surface area contributed by atoms with Crippen LogP contribution in [0.4, 0.5) is 0 Å². The smallest absolute Gasteiger partial charge is 0.372 e. The zero-order valence-electron chi connectivity index (χ0n) is 22.1. The minimum Gasteiger partial charge on any atom is -0.476 e. The summed E-state index contributed by atoms with van der Waals surface area (Å²) in [5, 5.41) is 8.42. The third-order valence-electron chi connectivity index (χ3n) is 5.67. The van der Waals surface area contributed by atoms with E-state index >= 15 is 0 Å². The van der Waals surface area contributed by atoms with Crippen molar-refractivity contribution in [2.75, 3.05) is 46.2 Å². The molecule has 0 aliphatic rings. The quantitative estimate of drug-likeness (QED) is 0.0849. The highest BCUT2D eigenvalue weighted by molar-refractivity contribution is 6.32. The van der Waals surface area contributed by atoms with Crippen molar-refractivity contribution in [1.82, 2.24) is 0 Å². The van der Waals surface area contributed by atoms with Gasteiger partial charge in [0.15, 0.2) is 0 Å². The number of Topliss-reactive ketones (excluding diaryl/α,β-unsaturated/α-hetero) is 1. The van der Waals surface area contributed by atoms with E-state index in [1.807, 2.05) is 0 Å². The van der Waals surface area contributed by atoms with Crippen molar-refractivity contribution in [1.29, 1.82) is 0 Å². The van der Waals surface area contributed by atoms with Gasteiger partial charge in [0.05, 0.1) is 39.5 Å². The van der Waals surface area contributed by atoms with Gasteiger partial charge in [0, 0.05) is 13.0 Å². The number of esters is 1. The Balaban J connectivity index is 3.14. The maximum atomic E-state index is 11.3. The van der Waals surface area contributed by atoms with E-state index in [4.69, 9.17) is 24.1 Å². The second-order valence-corrected chi connectivity index (χ2v) is 8.88. The molecule has 0 unspecified atom stereocenters.